The van der Waals surface area contributed by atoms with Gasteiger partial charge in [0, 0.05) is 29.6 Å². The second-order valence-electron chi connectivity index (χ2n) is 4.58. The first kappa shape index (κ1) is 9.87. The number of carbonyl (C=O) groups excluding carboxylic acids is 1. The van der Waals surface area contributed by atoms with Gasteiger partial charge in [-0.1, -0.05) is 0 Å². The number of aliphatic carboxylic acids is 1. The van der Waals surface area contributed by atoms with E-state index in [1.54, 1.807) is 0 Å². The number of carbonyl (C=O) groups is 1. The fourth-order valence-corrected chi connectivity index (χ4v) is 3.85. The van der Waals surface area contributed by atoms with E-state index >= 15 is 0 Å². The Labute approximate surface area is 92.5 Å². The van der Waals surface area contributed by atoms with E-state index in [1.807, 2.05) is 0 Å². The summed E-state index contributed by atoms with van der Waals surface area (Å²) in [5, 5.41) is 11.0. The highest BCUT2D eigenvalue weighted by molar-refractivity contribution is 6.21. The van der Waals surface area contributed by atoms with Crippen LogP contribution >= 0.6 is 11.6 Å². The largest absolute Gasteiger partial charge is 0.550 e. The first-order valence-corrected chi connectivity index (χ1v) is 5.70. The molecule has 0 radical (unpaired) electrons. The van der Waals surface area contributed by atoms with Gasteiger partial charge in [-0.3, -0.25) is 0 Å². The minimum atomic E-state index is -1.01. The van der Waals surface area contributed by atoms with Crippen molar-refractivity contribution in [2.45, 2.75) is 24.0 Å². The molecule has 0 aromatic carbocycles. The molecule has 2 bridgehead atoms. The van der Waals surface area contributed by atoms with Crippen molar-refractivity contribution in [2.75, 3.05) is 13.2 Å². The zero-order chi connectivity index (χ0) is 10.6. The maximum absolute atomic E-state index is 11.1. The van der Waals surface area contributed by atoms with Crippen LogP contribution in [0, 0.1) is 17.8 Å². The molecule has 1 aliphatic heterocycles. The molecule has 0 unspecified atom stereocenters. The van der Waals surface area contributed by atoms with Gasteiger partial charge in [0.2, 0.25) is 0 Å². The summed E-state index contributed by atoms with van der Waals surface area (Å²) in [5.41, 5.74) is 0. The van der Waals surface area contributed by atoms with Crippen molar-refractivity contribution in [2.24, 2.45) is 17.8 Å². The van der Waals surface area contributed by atoms with Crippen LogP contribution in [0.15, 0.2) is 0 Å². The van der Waals surface area contributed by atoms with Crippen LogP contribution in [0.1, 0.15) is 12.8 Å². The Bertz CT molecular complexity index is 300. The molecule has 0 amide bonds. The molecule has 1 spiro atoms. The topological polar surface area (TPSA) is 58.6 Å². The molecule has 0 N–H and O–H groups in total. The molecule has 2 saturated carbocycles. The molecule has 3 fully saturated rings. The van der Waals surface area contributed by atoms with Crippen molar-refractivity contribution in [3.8, 4) is 0 Å². The van der Waals surface area contributed by atoms with Gasteiger partial charge in [0.1, 0.15) is 0 Å². The summed E-state index contributed by atoms with van der Waals surface area (Å²) in [6, 6.07) is 0. The summed E-state index contributed by atoms with van der Waals surface area (Å²) in [5.74, 6) is -2.35. The highest BCUT2D eigenvalue weighted by atomic mass is 35.5. The Morgan fingerprint density at radius 3 is 2.60 bits per heavy atom. The van der Waals surface area contributed by atoms with Crippen molar-refractivity contribution >= 4 is 17.6 Å². The Balaban J connectivity index is 1.92. The van der Waals surface area contributed by atoms with Crippen LogP contribution in [0.2, 0.25) is 0 Å². The van der Waals surface area contributed by atoms with Crippen molar-refractivity contribution in [3.63, 3.8) is 0 Å². The summed E-state index contributed by atoms with van der Waals surface area (Å²) in [4.78, 5) is 11.1. The van der Waals surface area contributed by atoms with Crippen LogP contribution in [0.3, 0.4) is 0 Å². The van der Waals surface area contributed by atoms with E-state index in [-0.39, 0.29) is 17.2 Å². The van der Waals surface area contributed by atoms with E-state index in [0.29, 0.717) is 26.1 Å². The molecule has 1 saturated heterocycles. The van der Waals surface area contributed by atoms with Crippen LogP contribution in [0.5, 0.6) is 0 Å². The Morgan fingerprint density at radius 1 is 1.40 bits per heavy atom. The Morgan fingerprint density at radius 2 is 2.07 bits per heavy atom. The molecule has 1 heterocycles. The van der Waals surface area contributed by atoms with Crippen molar-refractivity contribution < 1.29 is 19.4 Å². The molecule has 4 nitrogen and oxygen atoms in total. The molecule has 2 aliphatic carbocycles. The van der Waals surface area contributed by atoms with Crippen LogP contribution in [0.4, 0.5) is 0 Å². The Hall–Kier alpha value is -0.320. The zero-order valence-corrected chi connectivity index (χ0v) is 8.90. The minimum Gasteiger partial charge on any atom is -0.550 e. The molecular formula is C10H12ClO4-. The van der Waals surface area contributed by atoms with Gasteiger partial charge < -0.3 is 19.4 Å². The molecule has 15 heavy (non-hydrogen) atoms. The average Bonchev–Trinajstić information content (AvgIpc) is 2.81. The maximum Gasteiger partial charge on any atom is 0.172 e. The molecule has 3 rings (SSSR count). The predicted molar refractivity (Wildman–Crippen MR) is 49.0 cm³/mol. The number of fused-ring (bicyclic) bond motifs is 3. The number of alkyl halides is 1. The molecule has 84 valence electrons. The molecule has 0 aromatic heterocycles. The molecule has 4 atom stereocenters. The van der Waals surface area contributed by atoms with Gasteiger partial charge in [0.05, 0.1) is 13.2 Å². The van der Waals surface area contributed by atoms with E-state index in [0.717, 1.165) is 0 Å². The number of hydrogen-bond acceptors (Lipinski definition) is 4. The lowest BCUT2D eigenvalue weighted by Crippen LogP contribution is -2.41. The van der Waals surface area contributed by atoms with Crippen LogP contribution in [-0.2, 0) is 14.3 Å². The van der Waals surface area contributed by atoms with E-state index in [4.69, 9.17) is 21.1 Å². The second-order valence-corrected chi connectivity index (χ2v) is 5.14. The van der Waals surface area contributed by atoms with E-state index in [9.17, 15) is 9.90 Å². The predicted octanol–water partition coefficient (Wildman–Crippen LogP) is -0.257. The van der Waals surface area contributed by atoms with Crippen LogP contribution < -0.4 is 5.11 Å². The molecule has 0 aromatic rings. The maximum atomic E-state index is 11.1. The number of carboxylic acids is 1. The standard InChI is InChI=1S/C10H13ClO4/c11-7-3-6-8(9(12)13)5(7)4-10(6)14-1-2-15-10/h5-8H,1-4H2,(H,12,13)/p-1/t5-,6+,7+,8+/m0/s1. The van der Waals surface area contributed by atoms with Gasteiger partial charge >= 0.3 is 0 Å². The van der Waals surface area contributed by atoms with Crippen LogP contribution in [0.25, 0.3) is 0 Å². The van der Waals surface area contributed by atoms with Gasteiger partial charge in [-0.15, -0.1) is 11.6 Å². The fourth-order valence-electron chi connectivity index (χ4n) is 3.42. The third-order valence-corrected chi connectivity index (χ3v) is 4.47. The smallest absolute Gasteiger partial charge is 0.172 e. The third-order valence-electron chi connectivity index (χ3n) is 3.97. The molecular weight excluding hydrogens is 220 g/mol. The highest BCUT2D eigenvalue weighted by Gasteiger charge is 2.63. The monoisotopic (exact) mass is 231 g/mol. The molecule has 3 aliphatic rings. The van der Waals surface area contributed by atoms with E-state index in [2.05, 4.69) is 0 Å². The quantitative estimate of drug-likeness (QED) is 0.584. The molecule has 5 heteroatoms. The number of ether oxygens (including phenoxy) is 2. The number of carboxylic acid groups (broad SMARTS) is 1. The van der Waals surface area contributed by atoms with Crippen molar-refractivity contribution in [1.29, 1.82) is 0 Å². The van der Waals surface area contributed by atoms with Crippen molar-refractivity contribution in [3.05, 3.63) is 0 Å². The normalized spacial score (nSPS) is 46.5. The number of halogens is 1. The van der Waals surface area contributed by atoms with E-state index in [1.165, 1.54) is 0 Å². The summed E-state index contributed by atoms with van der Waals surface area (Å²) in [6.07, 6.45) is 1.26. The zero-order valence-electron chi connectivity index (χ0n) is 8.15. The summed E-state index contributed by atoms with van der Waals surface area (Å²) in [7, 11) is 0. The minimum absolute atomic E-state index is 0.0558. The summed E-state index contributed by atoms with van der Waals surface area (Å²) >= 11 is 6.11. The fraction of sp³-hybridized carbons (Fsp3) is 0.900. The summed E-state index contributed by atoms with van der Waals surface area (Å²) < 4.78 is 11.2. The average molecular weight is 232 g/mol. The van der Waals surface area contributed by atoms with E-state index < -0.39 is 17.7 Å². The first-order chi connectivity index (χ1) is 7.14. The van der Waals surface area contributed by atoms with Gasteiger partial charge in [0.25, 0.3) is 0 Å². The number of rotatable bonds is 1. The van der Waals surface area contributed by atoms with Gasteiger partial charge in [-0.05, 0) is 12.3 Å². The SMILES string of the molecule is O=C([O-])[C@@H]1[C@H]2CC3(OCCO3)[C@@H]1C[C@H]2Cl. The lowest BCUT2D eigenvalue weighted by atomic mass is 9.93. The van der Waals surface area contributed by atoms with Gasteiger partial charge in [-0.2, -0.15) is 0 Å². The highest BCUT2D eigenvalue weighted by Crippen LogP contribution is 2.59. The Kier molecular flexibility index (Phi) is 2.03. The van der Waals surface area contributed by atoms with Gasteiger partial charge in [-0.25, -0.2) is 0 Å². The second kappa shape index (κ2) is 3.09. The lowest BCUT2D eigenvalue weighted by molar-refractivity contribution is -0.315. The first-order valence-electron chi connectivity index (χ1n) is 5.27. The van der Waals surface area contributed by atoms with Gasteiger partial charge in [0.15, 0.2) is 5.79 Å². The summed E-state index contributed by atoms with van der Waals surface area (Å²) in [6.45, 7) is 1.10. The van der Waals surface area contributed by atoms with Crippen LogP contribution in [-0.4, -0.2) is 30.3 Å². The lowest BCUT2D eigenvalue weighted by Gasteiger charge is -2.33. The number of hydrogen-bond donors (Lipinski definition) is 0. The third kappa shape index (κ3) is 1.19. The van der Waals surface area contributed by atoms with Crippen molar-refractivity contribution in [1.82, 2.24) is 0 Å².